The third kappa shape index (κ3) is 4.57. The summed E-state index contributed by atoms with van der Waals surface area (Å²) in [6.45, 7) is 3.36. The summed E-state index contributed by atoms with van der Waals surface area (Å²) in [5.74, 6) is -2.45. The van der Waals surface area contributed by atoms with Gasteiger partial charge in [0.25, 0.3) is 0 Å². The van der Waals surface area contributed by atoms with Crippen LogP contribution in [0.1, 0.15) is 19.4 Å². The zero-order valence-electron chi connectivity index (χ0n) is 14.7. The van der Waals surface area contributed by atoms with Crippen LogP contribution >= 0.6 is 0 Å². The van der Waals surface area contributed by atoms with Gasteiger partial charge in [-0.1, -0.05) is 19.1 Å². The van der Waals surface area contributed by atoms with Gasteiger partial charge in [-0.2, -0.15) is 0 Å². The third-order valence-electron chi connectivity index (χ3n) is 3.88. The normalized spacial score (nSPS) is 12.5. The summed E-state index contributed by atoms with van der Waals surface area (Å²) in [6, 6.07) is 8.36. The number of amides is 1. The topological polar surface area (TPSA) is 66.5 Å². The van der Waals surface area contributed by atoms with E-state index < -0.39 is 33.6 Å². The van der Waals surface area contributed by atoms with E-state index in [1.807, 2.05) is 6.92 Å². The predicted molar refractivity (Wildman–Crippen MR) is 97.6 cm³/mol. The van der Waals surface area contributed by atoms with Gasteiger partial charge in [0.05, 0.1) is 17.6 Å². The summed E-state index contributed by atoms with van der Waals surface area (Å²) >= 11 is 0. The van der Waals surface area contributed by atoms with Crippen molar-refractivity contribution in [2.75, 3.05) is 15.9 Å². The number of anilines is 2. The number of halogens is 2. The molecule has 0 spiro atoms. The van der Waals surface area contributed by atoms with Crippen LogP contribution in [-0.4, -0.2) is 26.6 Å². The SMILES string of the molecule is CCc1ccc(N([C@H](C)C(=O)Nc2ccc(F)cc2F)S(C)(=O)=O)cc1. The van der Waals surface area contributed by atoms with Crippen LogP contribution in [0.5, 0.6) is 0 Å². The Hall–Kier alpha value is -2.48. The van der Waals surface area contributed by atoms with E-state index in [2.05, 4.69) is 5.32 Å². The maximum absolute atomic E-state index is 13.7. The molecule has 0 aliphatic carbocycles. The molecule has 8 heteroatoms. The number of nitrogens with zero attached hydrogens (tertiary/aromatic N) is 1. The maximum Gasteiger partial charge on any atom is 0.248 e. The Balaban J connectivity index is 2.30. The smallest absolute Gasteiger partial charge is 0.248 e. The minimum absolute atomic E-state index is 0.224. The lowest BCUT2D eigenvalue weighted by Crippen LogP contribution is -2.45. The van der Waals surface area contributed by atoms with E-state index in [1.54, 1.807) is 24.3 Å². The first-order valence-electron chi connectivity index (χ1n) is 7.97. The van der Waals surface area contributed by atoms with Crippen LogP contribution in [0, 0.1) is 11.6 Å². The van der Waals surface area contributed by atoms with Gasteiger partial charge in [0.15, 0.2) is 0 Å². The first-order valence-corrected chi connectivity index (χ1v) is 9.82. The van der Waals surface area contributed by atoms with E-state index in [0.29, 0.717) is 11.8 Å². The summed E-state index contributed by atoms with van der Waals surface area (Å²) in [7, 11) is -3.77. The van der Waals surface area contributed by atoms with Gasteiger partial charge in [0, 0.05) is 6.07 Å². The van der Waals surface area contributed by atoms with Gasteiger partial charge in [0.2, 0.25) is 15.9 Å². The number of rotatable bonds is 6. The molecular weight excluding hydrogens is 362 g/mol. The Morgan fingerprint density at radius 2 is 1.77 bits per heavy atom. The molecule has 0 heterocycles. The number of hydrogen-bond acceptors (Lipinski definition) is 3. The van der Waals surface area contributed by atoms with Crippen LogP contribution in [-0.2, 0) is 21.2 Å². The second-order valence-corrected chi connectivity index (χ2v) is 7.73. The summed E-state index contributed by atoms with van der Waals surface area (Å²) in [5.41, 5.74) is 1.12. The Morgan fingerprint density at radius 3 is 2.27 bits per heavy atom. The largest absolute Gasteiger partial charge is 0.322 e. The van der Waals surface area contributed by atoms with Crippen molar-refractivity contribution >= 4 is 27.3 Å². The van der Waals surface area contributed by atoms with Gasteiger partial charge >= 0.3 is 0 Å². The lowest BCUT2D eigenvalue weighted by molar-refractivity contribution is -0.116. The molecule has 0 radical (unpaired) electrons. The molecule has 2 aromatic carbocycles. The number of nitrogens with one attached hydrogen (secondary N) is 1. The van der Waals surface area contributed by atoms with Gasteiger partial charge < -0.3 is 5.32 Å². The fraction of sp³-hybridized carbons (Fsp3) is 0.278. The monoisotopic (exact) mass is 382 g/mol. The van der Waals surface area contributed by atoms with Gasteiger partial charge in [-0.05, 0) is 43.2 Å². The molecule has 0 bridgehead atoms. The van der Waals surface area contributed by atoms with Gasteiger partial charge in [-0.25, -0.2) is 17.2 Å². The minimum Gasteiger partial charge on any atom is -0.322 e. The highest BCUT2D eigenvalue weighted by atomic mass is 32.2. The molecule has 0 aliphatic heterocycles. The molecule has 140 valence electrons. The summed E-state index contributed by atoms with van der Waals surface area (Å²) in [6.07, 6.45) is 1.78. The van der Waals surface area contributed by atoms with Crippen molar-refractivity contribution in [3.05, 3.63) is 59.7 Å². The summed E-state index contributed by atoms with van der Waals surface area (Å²) in [4.78, 5) is 12.5. The van der Waals surface area contributed by atoms with Crippen molar-refractivity contribution in [1.82, 2.24) is 0 Å². The average Bonchev–Trinajstić information content (AvgIpc) is 2.56. The molecule has 2 rings (SSSR count). The van der Waals surface area contributed by atoms with Crippen molar-refractivity contribution in [3.8, 4) is 0 Å². The molecule has 0 unspecified atom stereocenters. The zero-order chi connectivity index (χ0) is 19.5. The molecule has 1 atom stereocenters. The van der Waals surface area contributed by atoms with Crippen LogP contribution in [0.25, 0.3) is 0 Å². The molecule has 2 aromatic rings. The van der Waals surface area contributed by atoms with Gasteiger partial charge in [0.1, 0.15) is 17.7 Å². The molecule has 0 aromatic heterocycles. The van der Waals surface area contributed by atoms with Crippen LogP contribution in [0.2, 0.25) is 0 Å². The number of aryl methyl sites for hydroxylation is 1. The number of hydrogen-bond donors (Lipinski definition) is 1. The van der Waals surface area contributed by atoms with E-state index in [0.717, 1.165) is 34.7 Å². The second-order valence-electron chi connectivity index (χ2n) is 5.87. The highest BCUT2D eigenvalue weighted by molar-refractivity contribution is 7.92. The Bertz CT molecular complexity index is 899. The van der Waals surface area contributed by atoms with E-state index in [-0.39, 0.29) is 5.69 Å². The minimum atomic E-state index is -3.77. The molecule has 1 N–H and O–H groups in total. The molecule has 0 saturated carbocycles. The van der Waals surface area contributed by atoms with E-state index >= 15 is 0 Å². The van der Waals surface area contributed by atoms with Crippen LogP contribution < -0.4 is 9.62 Å². The molecule has 0 aliphatic rings. The highest BCUT2D eigenvalue weighted by Crippen LogP contribution is 2.23. The van der Waals surface area contributed by atoms with E-state index in [1.165, 1.54) is 6.92 Å². The van der Waals surface area contributed by atoms with Crippen molar-refractivity contribution in [3.63, 3.8) is 0 Å². The van der Waals surface area contributed by atoms with Crippen molar-refractivity contribution in [1.29, 1.82) is 0 Å². The van der Waals surface area contributed by atoms with Crippen molar-refractivity contribution < 1.29 is 22.0 Å². The lowest BCUT2D eigenvalue weighted by atomic mass is 10.1. The quantitative estimate of drug-likeness (QED) is 0.833. The Kier molecular flexibility index (Phi) is 5.97. The molecule has 26 heavy (non-hydrogen) atoms. The fourth-order valence-corrected chi connectivity index (χ4v) is 3.69. The van der Waals surface area contributed by atoms with Crippen molar-refractivity contribution in [2.45, 2.75) is 26.3 Å². The standard InChI is InChI=1S/C18H20F2N2O3S/c1-4-13-5-8-15(9-6-13)22(26(3,24)25)12(2)18(23)21-17-10-7-14(19)11-16(17)20/h5-12H,4H2,1-3H3,(H,21,23)/t12-/m1/s1. The van der Waals surface area contributed by atoms with E-state index in [4.69, 9.17) is 0 Å². The number of carbonyl (C=O) groups is 1. The molecular formula is C18H20F2N2O3S. The zero-order valence-corrected chi connectivity index (χ0v) is 15.5. The van der Waals surface area contributed by atoms with E-state index in [9.17, 15) is 22.0 Å². The van der Waals surface area contributed by atoms with Crippen molar-refractivity contribution in [2.24, 2.45) is 0 Å². The molecule has 5 nitrogen and oxygen atoms in total. The lowest BCUT2D eigenvalue weighted by Gasteiger charge is -2.28. The molecule has 0 saturated heterocycles. The third-order valence-corrected chi connectivity index (χ3v) is 5.12. The Morgan fingerprint density at radius 1 is 1.15 bits per heavy atom. The van der Waals surface area contributed by atoms with Crippen LogP contribution in [0.15, 0.2) is 42.5 Å². The summed E-state index contributed by atoms with van der Waals surface area (Å²) < 4.78 is 52.1. The first-order chi connectivity index (χ1) is 12.1. The fourth-order valence-electron chi connectivity index (χ4n) is 2.52. The summed E-state index contributed by atoms with van der Waals surface area (Å²) in [5, 5.41) is 2.30. The number of carbonyl (C=O) groups excluding carboxylic acids is 1. The Labute approximate surface area is 151 Å². The molecule has 0 fully saturated rings. The average molecular weight is 382 g/mol. The van der Waals surface area contributed by atoms with Crippen LogP contribution in [0.4, 0.5) is 20.2 Å². The number of benzene rings is 2. The van der Waals surface area contributed by atoms with Gasteiger partial charge in [-0.15, -0.1) is 0 Å². The molecule has 1 amide bonds. The second kappa shape index (κ2) is 7.82. The first kappa shape index (κ1) is 19.8. The highest BCUT2D eigenvalue weighted by Gasteiger charge is 2.29. The number of sulfonamides is 1. The maximum atomic E-state index is 13.7. The van der Waals surface area contributed by atoms with Crippen LogP contribution in [0.3, 0.4) is 0 Å². The predicted octanol–water partition coefficient (Wildman–Crippen LogP) is 3.32. The van der Waals surface area contributed by atoms with Gasteiger partial charge in [-0.3, -0.25) is 9.10 Å².